The maximum atomic E-state index is 12.3. The molecular formula is C16H21NO4. The highest BCUT2D eigenvalue weighted by atomic mass is 16.6. The number of carboxylic acid groups (broad SMARTS) is 1. The summed E-state index contributed by atoms with van der Waals surface area (Å²) in [6.07, 6.45) is 0.397. The maximum Gasteiger partial charge on any atom is 0.414 e. The molecule has 0 unspecified atom stereocenters. The van der Waals surface area contributed by atoms with E-state index in [1.54, 1.807) is 17.0 Å². The van der Waals surface area contributed by atoms with Gasteiger partial charge in [0.2, 0.25) is 0 Å². The molecule has 21 heavy (non-hydrogen) atoms. The average Bonchev–Trinajstić information content (AvgIpc) is 2.36. The second-order valence-electron chi connectivity index (χ2n) is 6.40. The van der Waals surface area contributed by atoms with Crippen molar-refractivity contribution < 1.29 is 19.4 Å². The van der Waals surface area contributed by atoms with Gasteiger partial charge in [-0.3, -0.25) is 4.90 Å². The summed E-state index contributed by atoms with van der Waals surface area (Å²) in [4.78, 5) is 25.0. The molecule has 114 valence electrons. The number of anilines is 1. The molecule has 0 saturated heterocycles. The number of nitrogens with zero attached hydrogens (tertiary/aromatic N) is 1. The van der Waals surface area contributed by atoms with Gasteiger partial charge in [-0.05, 0) is 56.9 Å². The minimum Gasteiger partial charge on any atom is -0.478 e. The van der Waals surface area contributed by atoms with E-state index in [0.717, 1.165) is 17.7 Å². The zero-order valence-electron chi connectivity index (χ0n) is 12.8. The van der Waals surface area contributed by atoms with E-state index in [2.05, 4.69) is 0 Å². The minimum atomic E-state index is -0.959. The molecule has 0 bridgehead atoms. The van der Waals surface area contributed by atoms with Gasteiger partial charge in [-0.1, -0.05) is 6.92 Å². The first-order valence-electron chi connectivity index (χ1n) is 7.07. The number of aromatic carboxylic acids is 1. The van der Waals surface area contributed by atoms with Gasteiger partial charge >= 0.3 is 12.1 Å². The van der Waals surface area contributed by atoms with Gasteiger partial charge in [0.1, 0.15) is 5.60 Å². The zero-order chi connectivity index (χ0) is 15.8. The number of rotatable bonds is 1. The summed E-state index contributed by atoms with van der Waals surface area (Å²) in [6, 6.07) is 4.87. The monoisotopic (exact) mass is 291 g/mol. The lowest BCUT2D eigenvalue weighted by Gasteiger charge is -2.34. The van der Waals surface area contributed by atoms with Crippen LogP contribution in [0.2, 0.25) is 0 Å². The van der Waals surface area contributed by atoms with Crippen molar-refractivity contribution >= 4 is 17.7 Å². The van der Waals surface area contributed by atoms with Gasteiger partial charge in [0.05, 0.1) is 11.3 Å². The summed E-state index contributed by atoms with van der Waals surface area (Å²) in [5.74, 6) is -0.739. The molecule has 1 aliphatic rings. The summed E-state index contributed by atoms with van der Waals surface area (Å²) in [5, 5.41) is 9.10. The summed E-state index contributed by atoms with van der Waals surface area (Å²) in [6.45, 7) is 8.09. The van der Waals surface area contributed by atoms with Crippen LogP contribution in [-0.4, -0.2) is 29.3 Å². The first-order valence-corrected chi connectivity index (χ1v) is 7.07. The van der Waals surface area contributed by atoms with Gasteiger partial charge in [-0.25, -0.2) is 9.59 Å². The van der Waals surface area contributed by atoms with Crippen LogP contribution in [0.3, 0.4) is 0 Å². The molecule has 1 aromatic rings. The predicted octanol–water partition coefficient (Wildman–Crippen LogP) is 3.63. The fraction of sp³-hybridized carbons (Fsp3) is 0.500. The predicted molar refractivity (Wildman–Crippen MR) is 80.0 cm³/mol. The van der Waals surface area contributed by atoms with Crippen LogP contribution in [0.15, 0.2) is 18.2 Å². The smallest absolute Gasteiger partial charge is 0.414 e. The Hall–Kier alpha value is -2.04. The third-order valence-corrected chi connectivity index (χ3v) is 3.50. The van der Waals surface area contributed by atoms with Crippen LogP contribution in [0.25, 0.3) is 0 Å². The molecule has 2 rings (SSSR count). The molecule has 1 atom stereocenters. The van der Waals surface area contributed by atoms with E-state index in [-0.39, 0.29) is 11.5 Å². The lowest BCUT2D eigenvalue weighted by molar-refractivity contribution is 0.0576. The average molecular weight is 291 g/mol. The van der Waals surface area contributed by atoms with Crippen LogP contribution in [0.5, 0.6) is 0 Å². The number of fused-ring (bicyclic) bond motifs is 1. The molecule has 0 aromatic heterocycles. The van der Waals surface area contributed by atoms with Crippen molar-refractivity contribution in [2.45, 2.75) is 45.6 Å². The van der Waals surface area contributed by atoms with Gasteiger partial charge < -0.3 is 9.84 Å². The Morgan fingerprint density at radius 3 is 2.57 bits per heavy atom. The first-order chi connectivity index (χ1) is 9.69. The fourth-order valence-corrected chi connectivity index (χ4v) is 2.43. The molecule has 5 heteroatoms. The van der Waals surface area contributed by atoms with E-state index in [4.69, 9.17) is 9.84 Å². The van der Waals surface area contributed by atoms with Crippen molar-refractivity contribution in [3.05, 3.63) is 29.3 Å². The van der Waals surface area contributed by atoms with Gasteiger partial charge in [0.15, 0.2) is 0 Å². The fourth-order valence-electron chi connectivity index (χ4n) is 2.43. The van der Waals surface area contributed by atoms with Crippen LogP contribution in [0.4, 0.5) is 10.5 Å². The number of carbonyl (C=O) groups excluding carboxylic acids is 1. The van der Waals surface area contributed by atoms with E-state index >= 15 is 0 Å². The molecule has 1 amide bonds. The molecule has 0 aliphatic carbocycles. The second-order valence-corrected chi connectivity index (χ2v) is 6.40. The Morgan fingerprint density at radius 2 is 2.00 bits per heavy atom. The molecule has 1 heterocycles. The Bertz CT molecular complexity index is 574. The molecule has 1 aliphatic heterocycles. The molecule has 1 aromatic carbocycles. The number of carbonyl (C=O) groups is 2. The number of hydrogen-bond donors (Lipinski definition) is 1. The van der Waals surface area contributed by atoms with Crippen LogP contribution < -0.4 is 4.90 Å². The van der Waals surface area contributed by atoms with Crippen LogP contribution >= 0.6 is 0 Å². The topological polar surface area (TPSA) is 66.8 Å². The molecule has 1 N–H and O–H groups in total. The van der Waals surface area contributed by atoms with Gasteiger partial charge in [-0.2, -0.15) is 0 Å². The maximum absolute atomic E-state index is 12.3. The number of hydrogen-bond acceptors (Lipinski definition) is 3. The van der Waals surface area contributed by atoms with Crippen LogP contribution in [0, 0.1) is 0 Å². The van der Waals surface area contributed by atoms with E-state index in [9.17, 15) is 9.59 Å². The number of amides is 1. The lowest BCUT2D eigenvalue weighted by Crippen LogP contribution is -2.40. The molecule has 0 spiro atoms. The zero-order valence-corrected chi connectivity index (χ0v) is 12.8. The molecular weight excluding hydrogens is 270 g/mol. The van der Waals surface area contributed by atoms with Crippen molar-refractivity contribution in [2.24, 2.45) is 0 Å². The van der Waals surface area contributed by atoms with Crippen LogP contribution in [0.1, 0.15) is 56.0 Å². The standard InChI is InChI=1S/C16H21NO4/c1-10-7-8-17(15(20)21-16(2,3)4)13-6-5-11(14(18)19)9-12(10)13/h5-6,9-10H,7-8H2,1-4H3,(H,18,19)/t10-/m0/s1. The van der Waals surface area contributed by atoms with Crippen LogP contribution in [-0.2, 0) is 4.74 Å². The van der Waals surface area contributed by atoms with E-state index in [1.165, 1.54) is 6.07 Å². The first kappa shape index (κ1) is 15.4. The highest BCUT2D eigenvalue weighted by Gasteiger charge is 2.30. The van der Waals surface area contributed by atoms with E-state index in [0.29, 0.717) is 6.54 Å². The highest BCUT2D eigenvalue weighted by Crippen LogP contribution is 2.36. The molecule has 0 radical (unpaired) electrons. The normalized spacial score (nSPS) is 18.1. The van der Waals surface area contributed by atoms with Crippen molar-refractivity contribution in [1.82, 2.24) is 0 Å². The van der Waals surface area contributed by atoms with Crippen molar-refractivity contribution in [2.75, 3.05) is 11.4 Å². The molecule has 0 fully saturated rings. The number of benzene rings is 1. The lowest BCUT2D eigenvalue weighted by atomic mass is 9.90. The third-order valence-electron chi connectivity index (χ3n) is 3.50. The molecule has 0 saturated carbocycles. The Kier molecular flexibility index (Phi) is 3.94. The van der Waals surface area contributed by atoms with E-state index in [1.807, 2.05) is 27.7 Å². The van der Waals surface area contributed by atoms with E-state index < -0.39 is 17.7 Å². The van der Waals surface area contributed by atoms with Gasteiger partial charge in [-0.15, -0.1) is 0 Å². The Labute approximate surface area is 124 Å². The molecule has 5 nitrogen and oxygen atoms in total. The number of carboxylic acids is 1. The SMILES string of the molecule is C[C@H]1CCN(C(=O)OC(C)(C)C)c2ccc(C(=O)O)cc21. The number of ether oxygens (including phenoxy) is 1. The van der Waals surface area contributed by atoms with Gasteiger partial charge in [0, 0.05) is 6.54 Å². The largest absolute Gasteiger partial charge is 0.478 e. The third kappa shape index (κ3) is 3.35. The minimum absolute atomic E-state index is 0.220. The van der Waals surface area contributed by atoms with Crippen molar-refractivity contribution in [3.8, 4) is 0 Å². The Morgan fingerprint density at radius 1 is 1.33 bits per heavy atom. The summed E-state index contributed by atoms with van der Waals surface area (Å²) < 4.78 is 5.42. The summed E-state index contributed by atoms with van der Waals surface area (Å²) >= 11 is 0. The summed E-state index contributed by atoms with van der Waals surface area (Å²) in [5.41, 5.74) is 1.31. The highest BCUT2D eigenvalue weighted by molar-refractivity contribution is 5.93. The quantitative estimate of drug-likeness (QED) is 0.858. The van der Waals surface area contributed by atoms with Crippen molar-refractivity contribution in [3.63, 3.8) is 0 Å². The second kappa shape index (κ2) is 5.39. The van der Waals surface area contributed by atoms with Crippen molar-refractivity contribution in [1.29, 1.82) is 0 Å². The Balaban J connectivity index is 2.36. The van der Waals surface area contributed by atoms with Gasteiger partial charge in [0.25, 0.3) is 0 Å². The summed E-state index contributed by atoms with van der Waals surface area (Å²) in [7, 11) is 0.